The van der Waals surface area contributed by atoms with Crippen LogP contribution in [-0.4, -0.2) is 39.0 Å². The van der Waals surface area contributed by atoms with Crippen LogP contribution >= 0.6 is 0 Å². The van der Waals surface area contributed by atoms with Gasteiger partial charge in [-0.15, -0.1) is 0 Å². The van der Waals surface area contributed by atoms with Gasteiger partial charge >= 0.3 is 6.09 Å². The molecule has 8 nitrogen and oxygen atoms in total. The number of pyridine rings is 1. The number of hydrogen-bond acceptors (Lipinski definition) is 7. The molecule has 4 heterocycles. The lowest BCUT2D eigenvalue weighted by molar-refractivity contribution is 0.0442. The van der Waals surface area contributed by atoms with Crippen molar-refractivity contribution in [2.24, 2.45) is 10.4 Å². The Morgan fingerprint density at radius 3 is 2.80 bits per heavy atom. The number of amides is 1. The van der Waals surface area contributed by atoms with E-state index in [0.717, 1.165) is 79.4 Å². The molecule has 0 radical (unpaired) electrons. The van der Waals surface area contributed by atoms with Crippen molar-refractivity contribution in [3.05, 3.63) is 88.8 Å². The first-order chi connectivity index (χ1) is 19.8. The Labute approximate surface area is 241 Å². The number of rotatable bonds is 2. The quantitative estimate of drug-likeness (QED) is 0.425. The summed E-state index contributed by atoms with van der Waals surface area (Å²) >= 11 is 0. The Balaban J connectivity index is 1.12. The Morgan fingerprint density at radius 1 is 1.10 bits per heavy atom. The maximum absolute atomic E-state index is 12.9. The lowest BCUT2D eigenvalue weighted by Gasteiger charge is -2.39. The first kappa shape index (κ1) is 25.9. The van der Waals surface area contributed by atoms with E-state index < -0.39 is 5.60 Å². The van der Waals surface area contributed by atoms with Crippen molar-refractivity contribution in [1.29, 1.82) is 0 Å². The number of amidine groups is 1. The maximum atomic E-state index is 12.9. The number of aryl methyl sites for hydroxylation is 1. The van der Waals surface area contributed by atoms with Gasteiger partial charge in [0.05, 0.1) is 41.6 Å². The van der Waals surface area contributed by atoms with Crippen molar-refractivity contribution in [3.63, 3.8) is 0 Å². The van der Waals surface area contributed by atoms with Crippen LogP contribution in [0.2, 0.25) is 0 Å². The highest BCUT2D eigenvalue weighted by Gasteiger charge is 2.47. The summed E-state index contributed by atoms with van der Waals surface area (Å²) in [5.74, 6) is 0.907. The molecule has 0 unspecified atom stereocenters. The number of hydrogen-bond donors (Lipinski definition) is 1. The molecule has 41 heavy (non-hydrogen) atoms. The fraction of sp³-hybridized carbons (Fsp3) is 0.424. The van der Waals surface area contributed by atoms with E-state index in [1.54, 1.807) is 0 Å². The largest absolute Gasteiger partial charge is 0.444 e. The van der Waals surface area contributed by atoms with Gasteiger partial charge in [-0.2, -0.15) is 0 Å². The number of ether oxygens (including phenoxy) is 1. The van der Waals surface area contributed by atoms with Crippen molar-refractivity contribution in [1.82, 2.24) is 20.3 Å². The van der Waals surface area contributed by atoms with Crippen LogP contribution in [-0.2, 0) is 24.1 Å². The van der Waals surface area contributed by atoms with Crippen LogP contribution in [0.5, 0.6) is 0 Å². The molecule has 0 saturated carbocycles. The maximum Gasteiger partial charge on any atom is 0.408 e. The van der Waals surface area contributed by atoms with Gasteiger partial charge in [0.15, 0.2) is 5.84 Å². The normalized spacial score (nSPS) is 22.9. The summed E-state index contributed by atoms with van der Waals surface area (Å²) in [6, 6.07) is 12.5. The van der Waals surface area contributed by atoms with E-state index in [1.807, 2.05) is 39.2 Å². The molecule has 1 N–H and O–H groups in total. The number of carbonyl (C=O) groups is 1. The SMILES string of the molecule is CC(C)(C)OC(=O)N[C@@H]1c2ccccc2C[C@@]12CC=C(c1cnc3c(n1)CN=C3N1CCCc3ncccc31)CC2. The molecule has 2 aliphatic heterocycles. The van der Waals surface area contributed by atoms with Crippen LogP contribution in [0.3, 0.4) is 0 Å². The number of carbonyl (C=O) groups excluding carboxylic acids is 1. The molecule has 2 atom stereocenters. The molecule has 1 spiro atoms. The zero-order valence-electron chi connectivity index (χ0n) is 24.0. The summed E-state index contributed by atoms with van der Waals surface area (Å²) < 4.78 is 5.65. The average molecular weight is 549 g/mol. The minimum Gasteiger partial charge on any atom is -0.444 e. The third-order valence-electron chi connectivity index (χ3n) is 8.80. The molecule has 0 saturated heterocycles. The zero-order chi connectivity index (χ0) is 28.2. The molecule has 2 aliphatic carbocycles. The third kappa shape index (κ3) is 4.69. The molecule has 2 aromatic heterocycles. The molecule has 4 aliphatic rings. The van der Waals surface area contributed by atoms with E-state index in [4.69, 9.17) is 19.7 Å². The number of alkyl carbamates (subject to hydrolysis) is 1. The Morgan fingerprint density at radius 2 is 1.98 bits per heavy atom. The minimum atomic E-state index is -0.543. The molecule has 1 aromatic carbocycles. The van der Waals surface area contributed by atoms with E-state index in [-0.39, 0.29) is 17.6 Å². The smallest absolute Gasteiger partial charge is 0.408 e. The van der Waals surface area contributed by atoms with Gasteiger partial charge in [-0.3, -0.25) is 9.98 Å². The monoisotopic (exact) mass is 548 g/mol. The number of nitrogens with one attached hydrogen (secondary N) is 1. The zero-order valence-corrected chi connectivity index (χ0v) is 24.0. The topological polar surface area (TPSA) is 92.6 Å². The number of anilines is 1. The van der Waals surface area contributed by atoms with E-state index in [0.29, 0.717) is 6.54 Å². The van der Waals surface area contributed by atoms with Crippen LogP contribution in [0, 0.1) is 5.41 Å². The highest BCUT2D eigenvalue weighted by molar-refractivity contribution is 6.11. The molecular formula is C33H36N6O2. The van der Waals surface area contributed by atoms with Crippen molar-refractivity contribution in [3.8, 4) is 0 Å². The predicted molar refractivity (Wildman–Crippen MR) is 159 cm³/mol. The molecule has 0 fully saturated rings. The first-order valence-electron chi connectivity index (χ1n) is 14.7. The molecule has 1 amide bonds. The molecule has 3 aromatic rings. The van der Waals surface area contributed by atoms with Crippen LogP contribution in [0.15, 0.2) is 59.9 Å². The van der Waals surface area contributed by atoms with Gasteiger partial charge in [-0.25, -0.2) is 14.8 Å². The molecule has 210 valence electrons. The Hall–Kier alpha value is -4.07. The highest BCUT2D eigenvalue weighted by atomic mass is 16.6. The molecule has 8 heteroatoms. The highest BCUT2D eigenvalue weighted by Crippen LogP contribution is 2.54. The van der Waals surface area contributed by atoms with Gasteiger partial charge in [0.2, 0.25) is 0 Å². The van der Waals surface area contributed by atoms with Gasteiger partial charge in [0.25, 0.3) is 0 Å². The fourth-order valence-corrected chi connectivity index (χ4v) is 6.94. The Bertz CT molecular complexity index is 1590. The van der Waals surface area contributed by atoms with Gasteiger partial charge < -0.3 is 15.0 Å². The number of aromatic nitrogens is 3. The summed E-state index contributed by atoms with van der Waals surface area (Å²) in [6.45, 7) is 7.15. The van der Waals surface area contributed by atoms with Gasteiger partial charge in [-0.05, 0) is 88.1 Å². The molecular weight excluding hydrogens is 512 g/mol. The second kappa shape index (κ2) is 9.79. The van der Waals surface area contributed by atoms with E-state index in [1.165, 1.54) is 16.7 Å². The fourth-order valence-electron chi connectivity index (χ4n) is 6.94. The third-order valence-corrected chi connectivity index (χ3v) is 8.80. The van der Waals surface area contributed by atoms with Crippen molar-refractivity contribution in [2.75, 3.05) is 11.4 Å². The number of allylic oxidation sites excluding steroid dienone is 2. The van der Waals surface area contributed by atoms with Crippen LogP contribution in [0.25, 0.3) is 5.57 Å². The minimum absolute atomic E-state index is 0.0831. The van der Waals surface area contributed by atoms with Gasteiger partial charge in [0, 0.05) is 18.2 Å². The summed E-state index contributed by atoms with van der Waals surface area (Å²) in [5.41, 5.74) is 8.10. The predicted octanol–water partition coefficient (Wildman–Crippen LogP) is 5.96. The molecule has 7 rings (SSSR count). The van der Waals surface area contributed by atoms with Crippen molar-refractivity contribution < 1.29 is 9.53 Å². The number of aliphatic imine (C=N–C) groups is 1. The lowest BCUT2D eigenvalue weighted by atomic mass is 9.70. The van der Waals surface area contributed by atoms with E-state index >= 15 is 0 Å². The summed E-state index contributed by atoms with van der Waals surface area (Å²) in [6.07, 6.45) is 11.4. The Kier molecular flexibility index (Phi) is 6.17. The summed E-state index contributed by atoms with van der Waals surface area (Å²) in [4.78, 5) is 34.5. The summed E-state index contributed by atoms with van der Waals surface area (Å²) in [7, 11) is 0. The van der Waals surface area contributed by atoms with Crippen LogP contribution < -0.4 is 10.2 Å². The standard InChI is InChI=1S/C33H36N6O2/c1-32(2,3)41-31(40)38-29-23-9-5-4-8-22(23)18-33(29)14-12-21(13-15-33)25-19-35-28-26(37-25)20-36-30(28)39-17-7-10-24-27(39)11-6-16-34-24/h4-6,8-9,11-12,16,19,29H,7,10,13-15,17-18,20H2,1-3H3,(H,38,40)/t29-,33+/m1/s1. The van der Waals surface area contributed by atoms with Crippen LogP contribution in [0.1, 0.15) is 86.4 Å². The van der Waals surface area contributed by atoms with E-state index in [2.05, 4.69) is 51.6 Å². The average Bonchev–Trinajstić information content (AvgIpc) is 3.51. The second-order valence-corrected chi connectivity index (χ2v) is 12.7. The lowest BCUT2D eigenvalue weighted by Crippen LogP contribution is -2.42. The number of fused-ring (bicyclic) bond motifs is 3. The van der Waals surface area contributed by atoms with Gasteiger partial charge in [-0.1, -0.05) is 30.3 Å². The van der Waals surface area contributed by atoms with Crippen LogP contribution in [0.4, 0.5) is 10.5 Å². The first-order valence-corrected chi connectivity index (χ1v) is 14.7. The van der Waals surface area contributed by atoms with Gasteiger partial charge in [0.1, 0.15) is 11.3 Å². The van der Waals surface area contributed by atoms with Crippen molar-refractivity contribution in [2.45, 2.75) is 77.5 Å². The number of benzene rings is 1. The van der Waals surface area contributed by atoms with Crippen molar-refractivity contribution >= 4 is 23.2 Å². The summed E-state index contributed by atoms with van der Waals surface area (Å²) in [5, 5.41) is 3.24. The number of nitrogens with zero attached hydrogens (tertiary/aromatic N) is 5. The molecule has 0 bridgehead atoms. The van der Waals surface area contributed by atoms with E-state index in [9.17, 15) is 4.79 Å². The second-order valence-electron chi connectivity index (χ2n) is 12.7.